The summed E-state index contributed by atoms with van der Waals surface area (Å²) in [5.41, 5.74) is 1.77. The zero-order valence-corrected chi connectivity index (χ0v) is 15.9. The van der Waals surface area contributed by atoms with Crippen molar-refractivity contribution < 1.29 is 4.79 Å². The fourth-order valence-corrected chi connectivity index (χ4v) is 3.13. The predicted molar refractivity (Wildman–Crippen MR) is 103 cm³/mol. The molecular weight excluding hydrogens is 346 g/mol. The van der Waals surface area contributed by atoms with Gasteiger partial charge < -0.3 is 9.88 Å². The summed E-state index contributed by atoms with van der Waals surface area (Å²) in [7, 11) is 2.96. The highest BCUT2D eigenvalue weighted by Gasteiger charge is 2.18. The molecule has 2 aromatic heterocycles. The van der Waals surface area contributed by atoms with Crippen molar-refractivity contribution in [3.63, 3.8) is 0 Å². The molecule has 0 bridgehead atoms. The monoisotopic (exact) mass is 369 g/mol. The maximum absolute atomic E-state index is 12.6. The van der Waals surface area contributed by atoms with E-state index in [4.69, 9.17) is 0 Å². The fourth-order valence-electron chi connectivity index (χ4n) is 3.13. The minimum atomic E-state index is -0.469. The van der Waals surface area contributed by atoms with Crippen molar-refractivity contribution in [1.29, 1.82) is 0 Å². The van der Waals surface area contributed by atoms with Gasteiger partial charge in [-0.25, -0.2) is 9.78 Å². The molecule has 3 aromatic rings. The van der Waals surface area contributed by atoms with Gasteiger partial charge in [0.05, 0.1) is 12.4 Å². The Hall–Kier alpha value is -3.16. The first-order valence-corrected chi connectivity index (χ1v) is 8.80. The van der Waals surface area contributed by atoms with Gasteiger partial charge in [-0.05, 0) is 18.9 Å². The number of aryl methyl sites for hydroxylation is 2. The number of nitrogens with one attached hydrogen (secondary N) is 1. The second kappa shape index (κ2) is 7.22. The SMILES string of the molecule is CC[C@@H](NC(=O)Cn1cnc2c1c(=O)n(C)c(=O)n2C)c1ccc(C)cc1. The number of aromatic nitrogens is 4. The molecular formula is C19H23N5O3. The van der Waals surface area contributed by atoms with Crippen LogP contribution in [-0.4, -0.2) is 24.6 Å². The van der Waals surface area contributed by atoms with Gasteiger partial charge in [0, 0.05) is 14.1 Å². The van der Waals surface area contributed by atoms with Crippen molar-refractivity contribution in [3.05, 3.63) is 62.6 Å². The molecule has 0 radical (unpaired) electrons. The van der Waals surface area contributed by atoms with E-state index < -0.39 is 11.2 Å². The average Bonchev–Trinajstić information content (AvgIpc) is 3.07. The van der Waals surface area contributed by atoms with Crippen LogP contribution in [0.25, 0.3) is 11.2 Å². The van der Waals surface area contributed by atoms with Crippen molar-refractivity contribution in [3.8, 4) is 0 Å². The first-order chi connectivity index (χ1) is 12.8. The lowest BCUT2D eigenvalue weighted by Crippen LogP contribution is -2.38. The molecule has 27 heavy (non-hydrogen) atoms. The molecule has 0 saturated heterocycles. The van der Waals surface area contributed by atoms with Gasteiger partial charge >= 0.3 is 5.69 Å². The van der Waals surface area contributed by atoms with Gasteiger partial charge in [-0.3, -0.25) is 18.7 Å². The zero-order valence-electron chi connectivity index (χ0n) is 15.9. The standard InChI is InChI=1S/C19H23N5O3/c1-5-14(13-8-6-12(2)7-9-13)21-15(25)10-24-11-20-17-16(24)18(26)23(4)19(27)22(17)3/h6-9,11,14H,5,10H2,1-4H3,(H,21,25)/t14-/m1/s1. The van der Waals surface area contributed by atoms with Crippen molar-refractivity contribution in [2.45, 2.75) is 32.9 Å². The third-order valence-electron chi connectivity index (χ3n) is 4.75. The molecule has 3 rings (SSSR count). The highest BCUT2D eigenvalue weighted by Crippen LogP contribution is 2.17. The minimum Gasteiger partial charge on any atom is -0.348 e. The zero-order chi connectivity index (χ0) is 19.7. The van der Waals surface area contributed by atoms with Crippen LogP contribution in [0.5, 0.6) is 0 Å². The lowest BCUT2D eigenvalue weighted by molar-refractivity contribution is -0.122. The lowest BCUT2D eigenvalue weighted by atomic mass is 10.0. The number of rotatable bonds is 5. The second-order valence-corrected chi connectivity index (χ2v) is 6.69. The number of hydrogen-bond donors (Lipinski definition) is 1. The number of hydrogen-bond acceptors (Lipinski definition) is 4. The first-order valence-electron chi connectivity index (χ1n) is 8.80. The van der Waals surface area contributed by atoms with Gasteiger partial charge in [-0.1, -0.05) is 36.8 Å². The molecule has 1 amide bonds. The van der Waals surface area contributed by atoms with Crippen LogP contribution in [0.15, 0.2) is 40.2 Å². The van der Waals surface area contributed by atoms with Crippen LogP contribution < -0.4 is 16.6 Å². The topological polar surface area (TPSA) is 90.9 Å². The lowest BCUT2D eigenvalue weighted by Gasteiger charge is -2.18. The molecule has 1 atom stereocenters. The van der Waals surface area contributed by atoms with Gasteiger partial charge in [0.15, 0.2) is 11.2 Å². The molecule has 0 fully saturated rings. The second-order valence-electron chi connectivity index (χ2n) is 6.69. The molecule has 8 nitrogen and oxygen atoms in total. The Balaban J connectivity index is 1.87. The van der Waals surface area contributed by atoms with Crippen LogP contribution in [0.3, 0.4) is 0 Å². The Labute approximate surface area is 156 Å². The van der Waals surface area contributed by atoms with E-state index in [0.29, 0.717) is 0 Å². The van der Waals surface area contributed by atoms with Crippen LogP contribution >= 0.6 is 0 Å². The van der Waals surface area contributed by atoms with Crippen molar-refractivity contribution in [1.82, 2.24) is 24.0 Å². The Kier molecular flexibility index (Phi) is 4.98. The van der Waals surface area contributed by atoms with Gasteiger partial charge in [0.25, 0.3) is 5.56 Å². The summed E-state index contributed by atoms with van der Waals surface area (Å²) in [5, 5.41) is 3.00. The van der Waals surface area contributed by atoms with Gasteiger partial charge in [0.2, 0.25) is 5.91 Å². The number of imidazole rings is 1. The average molecular weight is 369 g/mol. The van der Waals surface area contributed by atoms with E-state index in [1.165, 1.54) is 22.5 Å². The summed E-state index contributed by atoms with van der Waals surface area (Å²) in [6.45, 7) is 3.97. The number of benzene rings is 1. The number of nitrogens with zero attached hydrogens (tertiary/aromatic N) is 4. The molecule has 0 aliphatic rings. The van der Waals surface area contributed by atoms with E-state index in [0.717, 1.165) is 22.1 Å². The van der Waals surface area contributed by atoms with E-state index in [-0.39, 0.29) is 29.7 Å². The Bertz CT molecular complexity index is 1110. The van der Waals surface area contributed by atoms with Gasteiger partial charge in [0.1, 0.15) is 6.54 Å². The van der Waals surface area contributed by atoms with E-state index >= 15 is 0 Å². The first kappa shape index (κ1) is 18.6. The molecule has 8 heteroatoms. The maximum Gasteiger partial charge on any atom is 0.332 e. The largest absolute Gasteiger partial charge is 0.348 e. The summed E-state index contributed by atoms with van der Waals surface area (Å²) in [6.07, 6.45) is 2.16. The third-order valence-corrected chi connectivity index (χ3v) is 4.75. The molecule has 0 spiro atoms. The molecule has 0 aliphatic carbocycles. The summed E-state index contributed by atoms with van der Waals surface area (Å²) >= 11 is 0. The van der Waals surface area contributed by atoms with Gasteiger partial charge in [-0.15, -0.1) is 0 Å². The maximum atomic E-state index is 12.6. The van der Waals surface area contributed by atoms with Crippen LogP contribution in [0.1, 0.15) is 30.5 Å². The number of carbonyl (C=O) groups is 1. The van der Waals surface area contributed by atoms with E-state index in [9.17, 15) is 14.4 Å². The van der Waals surface area contributed by atoms with Crippen molar-refractivity contribution in [2.24, 2.45) is 14.1 Å². The van der Waals surface area contributed by atoms with Gasteiger partial charge in [-0.2, -0.15) is 0 Å². The Morgan fingerprint density at radius 2 is 1.81 bits per heavy atom. The molecule has 0 aliphatic heterocycles. The summed E-state index contributed by atoms with van der Waals surface area (Å²) in [5.74, 6) is -0.224. The molecule has 1 N–H and O–H groups in total. The molecule has 1 aromatic carbocycles. The fraction of sp³-hybridized carbons (Fsp3) is 0.368. The Morgan fingerprint density at radius 3 is 2.44 bits per heavy atom. The number of amides is 1. The summed E-state index contributed by atoms with van der Waals surface area (Å²) in [4.78, 5) is 41.2. The van der Waals surface area contributed by atoms with E-state index in [2.05, 4.69) is 10.3 Å². The van der Waals surface area contributed by atoms with Crippen LogP contribution in [0.4, 0.5) is 0 Å². The summed E-state index contributed by atoms with van der Waals surface area (Å²) in [6, 6.07) is 7.92. The molecule has 0 saturated carbocycles. The van der Waals surface area contributed by atoms with Crippen molar-refractivity contribution in [2.75, 3.05) is 0 Å². The minimum absolute atomic E-state index is 0.0493. The number of fused-ring (bicyclic) bond motifs is 1. The Morgan fingerprint density at radius 1 is 1.15 bits per heavy atom. The molecule has 142 valence electrons. The molecule has 0 unspecified atom stereocenters. The smallest absolute Gasteiger partial charge is 0.332 e. The predicted octanol–water partition coefficient (Wildman–Crippen LogP) is 1.01. The highest BCUT2D eigenvalue weighted by molar-refractivity contribution is 5.79. The third kappa shape index (κ3) is 3.42. The van der Waals surface area contributed by atoms with E-state index in [1.807, 2.05) is 38.1 Å². The number of carbonyl (C=O) groups excluding carboxylic acids is 1. The normalized spacial score (nSPS) is 12.3. The van der Waals surface area contributed by atoms with Crippen LogP contribution in [0, 0.1) is 6.92 Å². The molecule has 2 heterocycles. The van der Waals surface area contributed by atoms with Crippen LogP contribution in [0.2, 0.25) is 0 Å². The van der Waals surface area contributed by atoms with E-state index in [1.54, 1.807) is 7.05 Å². The summed E-state index contributed by atoms with van der Waals surface area (Å²) < 4.78 is 3.79. The van der Waals surface area contributed by atoms with Crippen molar-refractivity contribution >= 4 is 17.1 Å². The highest BCUT2D eigenvalue weighted by atomic mass is 16.2. The quantitative estimate of drug-likeness (QED) is 0.727. The van der Waals surface area contributed by atoms with Crippen LogP contribution in [-0.2, 0) is 25.4 Å².